The van der Waals surface area contributed by atoms with Crippen molar-refractivity contribution in [1.29, 1.82) is 0 Å². The largest absolute Gasteiger partial charge is 0.463 e. The molecule has 168 valence electrons. The number of hydrogen-bond donors (Lipinski definition) is 1. The molecule has 1 fully saturated rings. The molecule has 1 N–H and O–H groups in total. The molecule has 3 aromatic rings. The normalized spacial score (nSPS) is 16.4. The fourth-order valence-electron chi connectivity index (χ4n) is 4.69. The number of carbonyl (C=O) groups excluding carboxylic acids is 1. The first-order chi connectivity index (χ1) is 15.0. The van der Waals surface area contributed by atoms with Crippen molar-refractivity contribution in [2.45, 2.75) is 70.9 Å². The first-order valence-electron chi connectivity index (χ1n) is 11.5. The van der Waals surface area contributed by atoms with E-state index in [0.29, 0.717) is 30.1 Å². The Morgan fingerprint density at radius 1 is 1.32 bits per heavy atom. The Morgan fingerprint density at radius 3 is 2.84 bits per heavy atom. The molecule has 1 aliphatic carbocycles. The summed E-state index contributed by atoms with van der Waals surface area (Å²) >= 11 is 0. The molecule has 0 spiro atoms. The number of nitrogens with one attached hydrogen (secondary N) is 1. The van der Waals surface area contributed by atoms with Crippen LogP contribution in [0.2, 0.25) is 0 Å². The number of aryl methyl sites for hydroxylation is 1. The van der Waals surface area contributed by atoms with Crippen molar-refractivity contribution in [2.75, 3.05) is 20.1 Å². The second-order valence-corrected chi connectivity index (χ2v) is 8.65. The summed E-state index contributed by atoms with van der Waals surface area (Å²) in [5.74, 6) is 0.538. The molecule has 3 aromatic heterocycles. The molecule has 0 radical (unpaired) electrons. The first kappa shape index (κ1) is 21.6. The van der Waals surface area contributed by atoms with Gasteiger partial charge in [0.2, 0.25) is 5.91 Å². The van der Waals surface area contributed by atoms with Crippen molar-refractivity contribution in [1.82, 2.24) is 24.4 Å². The quantitative estimate of drug-likeness (QED) is 0.558. The Labute approximate surface area is 182 Å². The molecule has 1 saturated carbocycles. The molecule has 8 heteroatoms. The van der Waals surface area contributed by atoms with Crippen LogP contribution in [0.4, 0.5) is 0 Å². The summed E-state index contributed by atoms with van der Waals surface area (Å²) in [4.78, 5) is 28.2. The molecular formula is C23H33N5O3. The Kier molecular flexibility index (Phi) is 6.46. The lowest BCUT2D eigenvalue weighted by atomic mass is 9.94. The zero-order chi connectivity index (χ0) is 22.0. The highest BCUT2D eigenvalue weighted by molar-refractivity contribution is 5.83. The third kappa shape index (κ3) is 4.26. The van der Waals surface area contributed by atoms with Gasteiger partial charge in [0, 0.05) is 31.1 Å². The van der Waals surface area contributed by atoms with Crippen LogP contribution >= 0.6 is 0 Å². The Hall–Kier alpha value is -2.61. The van der Waals surface area contributed by atoms with Crippen LogP contribution in [0.5, 0.6) is 0 Å². The second-order valence-electron chi connectivity index (χ2n) is 8.65. The highest BCUT2D eigenvalue weighted by Crippen LogP contribution is 2.22. The Bertz CT molecular complexity index is 1110. The van der Waals surface area contributed by atoms with Gasteiger partial charge in [0.15, 0.2) is 5.58 Å². The maximum absolute atomic E-state index is 13.1. The van der Waals surface area contributed by atoms with Gasteiger partial charge >= 0.3 is 0 Å². The molecule has 1 amide bonds. The summed E-state index contributed by atoms with van der Waals surface area (Å²) in [7, 11) is 2.18. The Balaban J connectivity index is 1.41. The molecule has 31 heavy (non-hydrogen) atoms. The number of amides is 1. The average Bonchev–Trinajstić information content (AvgIpc) is 3.39. The molecule has 0 aliphatic heterocycles. The zero-order valence-corrected chi connectivity index (χ0v) is 18.8. The lowest BCUT2D eigenvalue weighted by Crippen LogP contribution is -2.40. The standard InChI is InChI=1S/C23H33N5O3/c1-4-21-25-28(23(30)19-15-20-18(27(19)21)11-14-31-20)16(2)22(29)24-12-8-13-26(3)17-9-6-5-7-10-17/h11,14-17H,4-10,12-13H2,1-3H3,(H,24,29). The van der Waals surface area contributed by atoms with Gasteiger partial charge in [0.1, 0.15) is 17.4 Å². The molecular weight excluding hydrogens is 394 g/mol. The van der Waals surface area contributed by atoms with Crippen LogP contribution in [0.15, 0.2) is 27.6 Å². The van der Waals surface area contributed by atoms with Gasteiger partial charge in [0.25, 0.3) is 5.56 Å². The van der Waals surface area contributed by atoms with Crippen molar-refractivity contribution in [3.05, 3.63) is 34.6 Å². The topological polar surface area (TPSA) is 84.8 Å². The second kappa shape index (κ2) is 9.26. The van der Waals surface area contributed by atoms with Gasteiger partial charge in [-0.1, -0.05) is 26.2 Å². The van der Waals surface area contributed by atoms with E-state index in [1.807, 2.05) is 17.4 Å². The van der Waals surface area contributed by atoms with Gasteiger partial charge in [-0.15, -0.1) is 0 Å². The molecule has 8 nitrogen and oxygen atoms in total. The third-order valence-electron chi connectivity index (χ3n) is 6.58. The van der Waals surface area contributed by atoms with Crippen LogP contribution in [-0.2, 0) is 11.2 Å². The van der Waals surface area contributed by atoms with Crippen LogP contribution in [0.3, 0.4) is 0 Å². The van der Waals surface area contributed by atoms with Gasteiger partial charge < -0.3 is 14.6 Å². The molecule has 0 aromatic carbocycles. The predicted octanol–water partition coefficient (Wildman–Crippen LogP) is 3.14. The molecule has 1 unspecified atom stereocenters. The van der Waals surface area contributed by atoms with Gasteiger partial charge in [-0.05, 0) is 39.8 Å². The summed E-state index contributed by atoms with van der Waals surface area (Å²) in [5, 5.41) is 7.50. The summed E-state index contributed by atoms with van der Waals surface area (Å²) in [6.45, 7) is 5.26. The van der Waals surface area contributed by atoms with Crippen LogP contribution in [-0.4, -0.2) is 51.2 Å². The van der Waals surface area contributed by atoms with Crippen molar-refractivity contribution in [2.24, 2.45) is 0 Å². The van der Waals surface area contributed by atoms with Crippen LogP contribution in [0.1, 0.15) is 64.2 Å². The molecule has 1 atom stereocenters. The maximum atomic E-state index is 13.1. The van der Waals surface area contributed by atoms with Gasteiger partial charge in [-0.25, -0.2) is 4.68 Å². The summed E-state index contributed by atoms with van der Waals surface area (Å²) in [6.07, 6.45) is 9.68. The molecule has 3 heterocycles. The van der Waals surface area contributed by atoms with E-state index in [-0.39, 0.29) is 11.5 Å². The monoisotopic (exact) mass is 427 g/mol. The fourth-order valence-corrected chi connectivity index (χ4v) is 4.69. The average molecular weight is 428 g/mol. The highest BCUT2D eigenvalue weighted by atomic mass is 16.3. The fraction of sp³-hybridized carbons (Fsp3) is 0.609. The van der Waals surface area contributed by atoms with E-state index in [4.69, 9.17) is 4.42 Å². The van der Waals surface area contributed by atoms with E-state index in [0.717, 1.165) is 24.3 Å². The van der Waals surface area contributed by atoms with E-state index < -0.39 is 6.04 Å². The number of fused-ring (bicyclic) bond motifs is 3. The predicted molar refractivity (Wildman–Crippen MR) is 120 cm³/mol. The summed E-state index contributed by atoms with van der Waals surface area (Å²) in [6, 6.07) is 3.54. The van der Waals surface area contributed by atoms with Crippen molar-refractivity contribution in [3.63, 3.8) is 0 Å². The maximum Gasteiger partial charge on any atom is 0.291 e. The lowest BCUT2D eigenvalue weighted by molar-refractivity contribution is -0.124. The number of furan rings is 1. The molecule has 0 saturated heterocycles. The van der Waals surface area contributed by atoms with Crippen molar-refractivity contribution in [3.8, 4) is 0 Å². The van der Waals surface area contributed by atoms with E-state index >= 15 is 0 Å². The Morgan fingerprint density at radius 2 is 2.10 bits per heavy atom. The number of carbonyl (C=O) groups is 1. The SMILES string of the molecule is CCc1nn(C(C)C(=O)NCCCN(C)C2CCCCC2)c(=O)c2cc3occc3n12. The molecule has 4 rings (SSSR count). The van der Waals surface area contributed by atoms with Crippen LogP contribution in [0, 0.1) is 0 Å². The van der Waals surface area contributed by atoms with E-state index in [9.17, 15) is 9.59 Å². The highest BCUT2D eigenvalue weighted by Gasteiger charge is 2.22. The minimum atomic E-state index is -0.680. The van der Waals surface area contributed by atoms with E-state index in [1.54, 1.807) is 19.3 Å². The molecule has 1 aliphatic rings. The smallest absolute Gasteiger partial charge is 0.291 e. The van der Waals surface area contributed by atoms with Crippen LogP contribution < -0.4 is 10.9 Å². The van der Waals surface area contributed by atoms with Gasteiger partial charge in [0.05, 0.1) is 11.8 Å². The van der Waals surface area contributed by atoms with Crippen molar-refractivity contribution < 1.29 is 9.21 Å². The summed E-state index contributed by atoms with van der Waals surface area (Å²) < 4.78 is 8.58. The van der Waals surface area contributed by atoms with E-state index in [2.05, 4.69) is 22.4 Å². The van der Waals surface area contributed by atoms with Gasteiger partial charge in [-0.3, -0.25) is 14.0 Å². The number of aromatic nitrogens is 3. The van der Waals surface area contributed by atoms with Crippen LogP contribution in [0.25, 0.3) is 16.6 Å². The number of hydrogen-bond acceptors (Lipinski definition) is 5. The number of nitrogens with zero attached hydrogens (tertiary/aromatic N) is 4. The lowest BCUT2D eigenvalue weighted by Gasteiger charge is -2.31. The van der Waals surface area contributed by atoms with Gasteiger partial charge in [-0.2, -0.15) is 5.10 Å². The minimum Gasteiger partial charge on any atom is -0.463 e. The molecule has 0 bridgehead atoms. The first-order valence-corrected chi connectivity index (χ1v) is 11.5. The zero-order valence-electron chi connectivity index (χ0n) is 18.8. The third-order valence-corrected chi connectivity index (χ3v) is 6.58. The number of rotatable bonds is 8. The van der Waals surface area contributed by atoms with Crippen molar-refractivity contribution >= 4 is 22.5 Å². The summed E-state index contributed by atoms with van der Waals surface area (Å²) in [5.41, 5.74) is 1.66. The minimum absolute atomic E-state index is 0.184. The van der Waals surface area contributed by atoms with E-state index in [1.165, 1.54) is 36.8 Å².